The van der Waals surface area contributed by atoms with Gasteiger partial charge >= 0.3 is 0 Å². The minimum absolute atomic E-state index is 0.263. The topological polar surface area (TPSA) is 72.3 Å². The van der Waals surface area contributed by atoms with Crippen LogP contribution in [0.5, 0.6) is 0 Å². The molecule has 0 heterocycles. The van der Waals surface area contributed by atoms with E-state index in [4.69, 9.17) is 4.84 Å². The van der Waals surface area contributed by atoms with E-state index in [9.17, 15) is 4.79 Å². The van der Waals surface area contributed by atoms with Crippen LogP contribution < -0.4 is 5.32 Å². The zero-order valence-corrected chi connectivity index (χ0v) is 13.1. The molecule has 0 aliphatic carbocycles. The van der Waals surface area contributed by atoms with E-state index < -0.39 is 0 Å². The molecule has 0 saturated heterocycles. The smallest absolute Gasteiger partial charge is 0.273 e. The van der Waals surface area contributed by atoms with Gasteiger partial charge in [-0.05, 0) is 38.0 Å². The molecule has 114 valence electrons. The molecule has 0 spiro atoms. The third-order valence-corrected chi connectivity index (χ3v) is 2.94. The van der Waals surface area contributed by atoms with Gasteiger partial charge in [-0.15, -0.1) is 0 Å². The fourth-order valence-electron chi connectivity index (χ4n) is 1.87. The van der Waals surface area contributed by atoms with E-state index in [1.54, 1.807) is 6.92 Å². The van der Waals surface area contributed by atoms with E-state index >= 15 is 0 Å². The maximum atomic E-state index is 11.9. The van der Waals surface area contributed by atoms with Gasteiger partial charge in [0.25, 0.3) is 5.91 Å². The van der Waals surface area contributed by atoms with E-state index in [1.807, 2.05) is 32.0 Å². The zero-order chi connectivity index (χ0) is 15.8. The minimum Gasteiger partial charge on any atom is -0.399 e. The predicted octanol–water partition coefficient (Wildman–Crippen LogP) is 2.52. The summed E-state index contributed by atoms with van der Waals surface area (Å²) in [5.74, 6) is -0.292. The summed E-state index contributed by atoms with van der Waals surface area (Å²) >= 11 is 0. The van der Waals surface area contributed by atoms with Crippen molar-refractivity contribution in [1.82, 2.24) is 0 Å². The van der Waals surface area contributed by atoms with Crippen LogP contribution in [-0.2, 0) is 20.9 Å². The van der Waals surface area contributed by atoms with Crippen LogP contribution in [-0.4, -0.2) is 31.6 Å². The summed E-state index contributed by atoms with van der Waals surface area (Å²) in [6.07, 6.45) is 0.661. The van der Waals surface area contributed by atoms with Crippen LogP contribution in [0.4, 0.5) is 5.69 Å². The van der Waals surface area contributed by atoms with Crippen molar-refractivity contribution in [2.45, 2.75) is 27.2 Å². The van der Waals surface area contributed by atoms with Crippen LogP contribution in [0.3, 0.4) is 0 Å². The second-order valence-corrected chi connectivity index (χ2v) is 4.59. The van der Waals surface area contributed by atoms with Crippen molar-refractivity contribution in [3.05, 3.63) is 29.3 Å². The highest BCUT2D eigenvalue weighted by Gasteiger charge is 2.11. The summed E-state index contributed by atoms with van der Waals surface area (Å²) in [5, 5.41) is 10.3. The van der Waals surface area contributed by atoms with E-state index in [-0.39, 0.29) is 11.6 Å². The number of hydrogen-bond acceptors (Lipinski definition) is 5. The highest BCUT2D eigenvalue weighted by atomic mass is 16.6. The van der Waals surface area contributed by atoms with Gasteiger partial charge in [-0.3, -0.25) is 4.79 Å². The molecule has 1 aromatic carbocycles. The Balaban J connectivity index is 2.93. The maximum Gasteiger partial charge on any atom is 0.273 e. The van der Waals surface area contributed by atoms with Crippen molar-refractivity contribution >= 4 is 23.0 Å². The number of carbonyl (C=O) groups is 1. The number of hydrogen-bond donors (Lipinski definition) is 1. The molecular weight excluding hydrogens is 270 g/mol. The number of carbonyl (C=O) groups excluding carboxylic acids is 1. The summed E-state index contributed by atoms with van der Waals surface area (Å²) in [6.45, 7) is 5.44. The van der Waals surface area contributed by atoms with Crippen molar-refractivity contribution in [1.29, 1.82) is 0 Å². The van der Waals surface area contributed by atoms with E-state index in [2.05, 4.69) is 20.5 Å². The van der Waals surface area contributed by atoms with Gasteiger partial charge in [-0.25, -0.2) is 0 Å². The second kappa shape index (κ2) is 8.04. The molecule has 0 saturated carbocycles. The molecular formula is C15H21N3O3. The van der Waals surface area contributed by atoms with E-state index in [1.165, 1.54) is 14.2 Å². The Morgan fingerprint density at radius 2 is 1.86 bits per heavy atom. The van der Waals surface area contributed by atoms with Crippen LogP contribution >= 0.6 is 0 Å². The van der Waals surface area contributed by atoms with Crippen molar-refractivity contribution in [2.24, 2.45) is 10.3 Å². The highest BCUT2D eigenvalue weighted by molar-refractivity contribution is 6.42. The largest absolute Gasteiger partial charge is 0.399 e. The number of rotatable bonds is 6. The molecule has 0 unspecified atom stereocenters. The highest BCUT2D eigenvalue weighted by Crippen LogP contribution is 2.20. The minimum atomic E-state index is -0.292. The Hall–Kier alpha value is -2.37. The summed E-state index contributed by atoms with van der Waals surface area (Å²) in [7, 11) is 2.92. The van der Waals surface area contributed by atoms with Gasteiger partial charge in [0.1, 0.15) is 19.9 Å². The van der Waals surface area contributed by atoms with Crippen molar-refractivity contribution in [3.63, 3.8) is 0 Å². The first-order valence-corrected chi connectivity index (χ1v) is 6.53. The Kier molecular flexibility index (Phi) is 6.39. The van der Waals surface area contributed by atoms with Crippen molar-refractivity contribution in [3.8, 4) is 0 Å². The predicted molar refractivity (Wildman–Crippen MR) is 83.7 cm³/mol. The average molecular weight is 291 g/mol. The Labute approximate surface area is 124 Å². The van der Waals surface area contributed by atoms with Crippen LogP contribution in [0.25, 0.3) is 0 Å². The van der Waals surface area contributed by atoms with Crippen LogP contribution in [0, 0.1) is 6.92 Å². The molecule has 0 radical (unpaired) electrons. The third-order valence-electron chi connectivity index (χ3n) is 2.94. The van der Waals surface area contributed by atoms with Gasteiger partial charge in [0.15, 0.2) is 0 Å². The van der Waals surface area contributed by atoms with Crippen LogP contribution in [0.15, 0.2) is 28.5 Å². The molecule has 0 aromatic heterocycles. The average Bonchev–Trinajstić information content (AvgIpc) is 2.43. The quantitative estimate of drug-likeness (QED) is 0.646. The van der Waals surface area contributed by atoms with Gasteiger partial charge in [0, 0.05) is 12.1 Å². The summed E-state index contributed by atoms with van der Waals surface area (Å²) in [4.78, 5) is 21.3. The summed E-state index contributed by atoms with van der Waals surface area (Å²) in [5.41, 5.74) is 3.93. The number of amides is 1. The first-order valence-electron chi connectivity index (χ1n) is 6.53. The van der Waals surface area contributed by atoms with E-state index in [0.717, 1.165) is 22.5 Å². The molecule has 0 bridgehead atoms. The van der Waals surface area contributed by atoms with Gasteiger partial charge in [-0.1, -0.05) is 22.4 Å². The zero-order valence-electron chi connectivity index (χ0n) is 13.1. The molecule has 1 aromatic rings. The van der Waals surface area contributed by atoms with Gasteiger partial charge in [0.05, 0.1) is 5.71 Å². The molecule has 0 atom stereocenters. The number of benzene rings is 1. The number of anilines is 1. The summed E-state index contributed by atoms with van der Waals surface area (Å²) in [6, 6.07) is 5.73. The number of nitrogens with zero attached hydrogens (tertiary/aromatic N) is 2. The Bertz CT molecular complexity index is 565. The first kappa shape index (κ1) is 16.7. The SMILES string of the molecule is CO/N=C(\C)Cc1cccc(NC(=O)/C(C)=N/OC)c1C. The monoisotopic (exact) mass is 291 g/mol. The second-order valence-electron chi connectivity index (χ2n) is 4.59. The molecule has 0 fully saturated rings. The Morgan fingerprint density at radius 1 is 1.19 bits per heavy atom. The van der Waals surface area contributed by atoms with Crippen LogP contribution in [0.1, 0.15) is 25.0 Å². The maximum absolute atomic E-state index is 11.9. The molecule has 0 aliphatic rings. The Morgan fingerprint density at radius 3 is 2.48 bits per heavy atom. The van der Waals surface area contributed by atoms with Gasteiger partial charge < -0.3 is 15.0 Å². The lowest BCUT2D eigenvalue weighted by atomic mass is 10.0. The van der Waals surface area contributed by atoms with Gasteiger partial charge in [0.2, 0.25) is 0 Å². The lowest BCUT2D eigenvalue weighted by Gasteiger charge is -2.12. The molecule has 6 nitrogen and oxygen atoms in total. The standard InChI is InChI=1S/C15H21N3O3/c1-10(17-20-4)9-13-7-6-8-14(11(13)2)16-15(19)12(3)18-21-5/h6-8H,9H2,1-5H3,(H,16,19)/b17-10+,18-12+. The molecule has 6 heteroatoms. The van der Waals surface area contributed by atoms with Crippen LogP contribution in [0.2, 0.25) is 0 Å². The first-order chi connectivity index (χ1) is 9.99. The lowest BCUT2D eigenvalue weighted by Crippen LogP contribution is -2.21. The molecule has 0 aliphatic heterocycles. The van der Waals surface area contributed by atoms with Gasteiger partial charge in [-0.2, -0.15) is 0 Å². The molecule has 1 amide bonds. The normalized spacial score (nSPS) is 12.0. The third kappa shape index (κ3) is 4.91. The molecule has 21 heavy (non-hydrogen) atoms. The molecule has 1 rings (SSSR count). The number of oxime groups is 2. The van der Waals surface area contributed by atoms with E-state index in [0.29, 0.717) is 6.42 Å². The fourth-order valence-corrected chi connectivity index (χ4v) is 1.87. The molecule has 1 N–H and O–H groups in total. The number of nitrogens with one attached hydrogen (secondary N) is 1. The van der Waals surface area contributed by atoms with Crippen molar-refractivity contribution in [2.75, 3.05) is 19.5 Å². The lowest BCUT2D eigenvalue weighted by molar-refractivity contribution is -0.110. The fraction of sp³-hybridized carbons (Fsp3) is 0.400. The van der Waals surface area contributed by atoms with Crippen molar-refractivity contribution < 1.29 is 14.5 Å². The summed E-state index contributed by atoms with van der Waals surface area (Å²) < 4.78 is 0.